The number of ether oxygens (including phenoxy) is 1. The summed E-state index contributed by atoms with van der Waals surface area (Å²) in [6.45, 7) is 7.89. The molecule has 2 atom stereocenters. The lowest BCUT2D eigenvalue weighted by Crippen LogP contribution is -2.60. The van der Waals surface area contributed by atoms with Gasteiger partial charge in [-0.2, -0.15) is 0 Å². The topological polar surface area (TPSA) is 132 Å². The van der Waals surface area contributed by atoms with Crippen LogP contribution in [0.1, 0.15) is 40.5 Å². The Kier molecular flexibility index (Phi) is 6.70. The second-order valence-corrected chi connectivity index (χ2v) is 7.89. The maximum atomic E-state index is 12.4. The fraction of sp³-hybridized carbons (Fsp3) is 0.765. The molecule has 0 unspecified atom stereocenters. The van der Waals surface area contributed by atoms with Crippen molar-refractivity contribution in [1.29, 1.82) is 0 Å². The first kappa shape index (κ1) is 21.7. The SMILES string of the molecule is CCN1C(=O)N(O)CC[C@H]1C(=O)NNC(=O)[C@@H]1CCN(C(=O)OC(C)(C)C)C1. The number of amides is 5. The molecule has 0 aliphatic carbocycles. The minimum atomic E-state index is -0.775. The van der Waals surface area contributed by atoms with Gasteiger partial charge < -0.3 is 14.5 Å². The number of likely N-dealkylation sites (tertiary alicyclic amines) is 1. The first-order chi connectivity index (χ1) is 13.0. The van der Waals surface area contributed by atoms with Crippen molar-refractivity contribution in [1.82, 2.24) is 25.7 Å². The number of hydroxylamine groups is 2. The molecule has 11 heteroatoms. The lowest BCUT2D eigenvalue weighted by Gasteiger charge is -2.37. The number of hydrogen-bond donors (Lipinski definition) is 3. The molecular weight excluding hydrogens is 370 g/mol. The predicted octanol–water partition coefficient (Wildman–Crippen LogP) is 0.296. The summed E-state index contributed by atoms with van der Waals surface area (Å²) >= 11 is 0. The highest BCUT2D eigenvalue weighted by molar-refractivity contribution is 5.90. The van der Waals surface area contributed by atoms with Crippen molar-refractivity contribution >= 4 is 23.9 Å². The van der Waals surface area contributed by atoms with Gasteiger partial charge in [0.1, 0.15) is 11.6 Å². The van der Waals surface area contributed by atoms with E-state index in [4.69, 9.17) is 4.74 Å². The van der Waals surface area contributed by atoms with Crippen LogP contribution < -0.4 is 10.9 Å². The summed E-state index contributed by atoms with van der Waals surface area (Å²) in [4.78, 5) is 51.3. The van der Waals surface area contributed by atoms with Crippen molar-refractivity contribution in [3.8, 4) is 0 Å². The summed E-state index contributed by atoms with van der Waals surface area (Å²) in [7, 11) is 0. The standard InChI is InChI=1S/C17H29N5O6/c1-5-21-12(7-9-22(27)15(21)25)14(24)19-18-13(23)11-6-8-20(10-11)16(26)28-17(2,3)4/h11-12,27H,5-10H2,1-4H3,(H,18,23)(H,19,24)/t11-,12+/m1/s1. The zero-order valence-corrected chi connectivity index (χ0v) is 16.7. The van der Waals surface area contributed by atoms with Gasteiger partial charge in [0, 0.05) is 19.6 Å². The number of urea groups is 1. The molecule has 0 spiro atoms. The molecule has 0 aromatic carbocycles. The highest BCUT2D eigenvalue weighted by Crippen LogP contribution is 2.19. The first-order valence-corrected chi connectivity index (χ1v) is 9.38. The highest BCUT2D eigenvalue weighted by atomic mass is 16.6. The van der Waals surface area contributed by atoms with Crippen LogP contribution in [-0.2, 0) is 14.3 Å². The number of carbonyl (C=O) groups is 4. The lowest BCUT2D eigenvalue weighted by molar-refractivity contribution is -0.137. The number of hydrazine groups is 1. The van der Waals surface area contributed by atoms with E-state index in [0.29, 0.717) is 18.0 Å². The van der Waals surface area contributed by atoms with Crippen molar-refractivity contribution < 1.29 is 29.1 Å². The Morgan fingerprint density at radius 1 is 1.14 bits per heavy atom. The number of rotatable bonds is 3. The van der Waals surface area contributed by atoms with Gasteiger partial charge in [0.05, 0.1) is 12.5 Å². The number of hydrogen-bond acceptors (Lipinski definition) is 6. The van der Waals surface area contributed by atoms with E-state index in [1.54, 1.807) is 27.7 Å². The fourth-order valence-electron chi connectivity index (χ4n) is 3.18. The van der Waals surface area contributed by atoms with Crippen molar-refractivity contribution in [2.75, 3.05) is 26.2 Å². The van der Waals surface area contributed by atoms with Crippen LogP contribution in [0.5, 0.6) is 0 Å². The molecule has 11 nitrogen and oxygen atoms in total. The molecule has 158 valence electrons. The van der Waals surface area contributed by atoms with Crippen molar-refractivity contribution in [2.45, 2.75) is 52.2 Å². The van der Waals surface area contributed by atoms with E-state index in [1.807, 2.05) is 0 Å². The molecule has 28 heavy (non-hydrogen) atoms. The number of nitrogens with zero attached hydrogens (tertiary/aromatic N) is 3. The van der Waals surface area contributed by atoms with Crippen LogP contribution in [0.3, 0.4) is 0 Å². The van der Waals surface area contributed by atoms with E-state index in [-0.39, 0.29) is 26.1 Å². The van der Waals surface area contributed by atoms with E-state index in [1.165, 1.54) is 9.80 Å². The zero-order chi connectivity index (χ0) is 21.1. The Balaban J connectivity index is 1.83. The van der Waals surface area contributed by atoms with Crippen molar-refractivity contribution in [3.63, 3.8) is 0 Å². The van der Waals surface area contributed by atoms with Gasteiger partial charge in [-0.3, -0.25) is 25.6 Å². The molecule has 2 rings (SSSR count). The van der Waals surface area contributed by atoms with Crippen LogP contribution in [-0.4, -0.2) is 81.8 Å². The molecule has 0 radical (unpaired) electrons. The van der Waals surface area contributed by atoms with Gasteiger partial charge in [-0.25, -0.2) is 14.7 Å². The van der Waals surface area contributed by atoms with Crippen LogP contribution in [0.2, 0.25) is 0 Å². The molecular formula is C17H29N5O6. The van der Waals surface area contributed by atoms with Gasteiger partial charge in [-0.1, -0.05) is 0 Å². The molecule has 0 aromatic heterocycles. The Morgan fingerprint density at radius 2 is 1.79 bits per heavy atom. The number of nitrogens with one attached hydrogen (secondary N) is 2. The predicted molar refractivity (Wildman–Crippen MR) is 96.9 cm³/mol. The molecule has 2 heterocycles. The Bertz CT molecular complexity index is 634. The first-order valence-electron chi connectivity index (χ1n) is 9.38. The highest BCUT2D eigenvalue weighted by Gasteiger charge is 2.37. The fourth-order valence-corrected chi connectivity index (χ4v) is 3.18. The Hall–Kier alpha value is -2.56. The van der Waals surface area contributed by atoms with Crippen molar-refractivity contribution in [3.05, 3.63) is 0 Å². The maximum absolute atomic E-state index is 12.4. The largest absolute Gasteiger partial charge is 0.444 e. The normalized spacial score (nSPS) is 22.9. The minimum Gasteiger partial charge on any atom is -0.444 e. The van der Waals surface area contributed by atoms with Crippen LogP contribution in [0.15, 0.2) is 0 Å². The quantitative estimate of drug-likeness (QED) is 0.462. The van der Waals surface area contributed by atoms with Crippen LogP contribution in [0.25, 0.3) is 0 Å². The zero-order valence-electron chi connectivity index (χ0n) is 16.7. The van der Waals surface area contributed by atoms with Crippen LogP contribution in [0.4, 0.5) is 9.59 Å². The van der Waals surface area contributed by atoms with Gasteiger partial charge in [0.15, 0.2) is 0 Å². The van der Waals surface area contributed by atoms with E-state index in [9.17, 15) is 24.4 Å². The van der Waals surface area contributed by atoms with E-state index >= 15 is 0 Å². The molecule has 2 aliphatic rings. The minimum absolute atomic E-state index is 0.0365. The Morgan fingerprint density at radius 3 is 2.39 bits per heavy atom. The van der Waals surface area contributed by atoms with Gasteiger partial charge in [-0.05, 0) is 40.5 Å². The summed E-state index contributed by atoms with van der Waals surface area (Å²) in [5.41, 5.74) is 4.10. The third-order valence-electron chi connectivity index (χ3n) is 4.62. The number of likely N-dealkylation sites (N-methyl/N-ethyl adjacent to an activating group) is 1. The van der Waals surface area contributed by atoms with Gasteiger partial charge in [0.25, 0.3) is 5.91 Å². The van der Waals surface area contributed by atoms with E-state index in [2.05, 4.69) is 10.9 Å². The molecule has 0 aromatic rings. The summed E-state index contributed by atoms with van der Waals surface area (Å²) in [5, 5.41) is 10.0. The lowest BCUT2D eigenvalue weighted by atomic mass is 10.1. The molecule has 2 saturated heterocycles. The molecule has 0 saturated carbocycles. The third-order valence-corrected chi connectivity index (χ3v) is 4.62. The van der Waals surface area contributed by atoms with Gasteiger partial charge in [0.2, 0.25) is 5.91 Å². The van der Waals surface area contributed by atoms with Crippen LogP contribution >= 0.6 is 0 Å². The van der Waals surface area contributed by atoms with Crippen molar-refractivity contribution in [2.24, 2.45) is 5.92 Å². The molecule has 2 aliphatic heterocycles. The van der Waals surface area contributed by atoms with E-state index in [0.717, 1.165) is 0 Å². The second kappa shape index (κ2) is 8.63. The monoisotopic (exact) mass is 399 g/mol. The Labute approximate surface area is 163 Å². The average molecular weight is 399 g/mol. The van der Waals surface area contributed by atoms with Gasteiger partial charge >= 0.3 is 12.1 Å². The summed E-state index contributed by atoms with van der Waals surface area (Å²) in [6, 6.07) is -1.42. The van der Waals surface area contributed by atoms with Crippen LogP contribution in [0, 0.1) is 5.92 Å². The third kappa shape index (κ3) is 5.24. The molecule has 0 bridgehead atoms. The smallest absolute Gasteiger partial charge is 0.410 e. The summed E-state index contributed by atoms with van der Waals surface area (Å²) in [6.07, 6.45) is 0.233. The number of carbonyl (C=O) groups excluding carboxylic acids is 4. The molecule has 5 amide bonds. The maximum Gasteiger partial charge on any atom is 0.410 e. The summed E-state index contributed by atoms with van der Waals surface area (Å²) < 4.78 is 5.29. The second-order valence-electron chi connectivity index (χ2n) is 7.89. The average Bonchev–Trinajstić information content (AvgIpc) is 3.10. The molecule has 2 fully saturated rings. The summed E-state index contributed by atoms with van der Waals surface area (Å²) in [5.74, 6) is -1.40. The molecule has 3 N–H and O–H groups in total. The van der Waals surface area contributed by atoms with E-state index < -0.39 is 41.5 Å². The van der Waals surface area contributed by atoms with Gasteiger partial charge in [-0.15, -0.1) is 0 Å².